The van der Waals surface area contributed by atoms with Gasteiger partial charge in [-0.25, -0.2) is 9.78 Å². The number of nitrogens with one attached hydrogen (secondary N) is 1. The van der Waals surface area contributed by atoms with Crippen LogP contribution in [0.3, 0.4) is 0 Å². The molecule has 1 unspecified atom stereocenters. The molecule has 0 fully saturated rings. The molecule has 1 atom stereocenters. The van der Waals surface area contributed by atoms with E-state index in [-0.39, 0.29) is 23.4 Å². The molecule has 8 nitrogen and oxygen atoms in total. The molecule has 2 aromatic heterocycles. The largest absolute Gasteiger partial charge is 0.437 e. The minimum Gasteiger partial charge on any atom is -0.391 e. The predicted molar refractivity (Wildman–Crippen MR) is 100 cm³/mol. The fraction of sp³-hybridized carbons (Fsp3) is 0.333. The third kappa shape index (κ3) is 3.40. The Balaban J connectivity index is 1.38. The quantitative estimate of drug-likeness (QED) is 0.646. The fourth-order valence-electron chi connectivity index (χ4n) is 3.12. The molecule has 1 aliphatic heterocycles. The second kappa shape index (κ2) is 7.03. The van der Waals surface area contributed by atoms with Gasteiger partial charge in [-0.15, -0.1) is 16.7 Å². The molecular weight excluding hydrogens is 370 g/mol. The van der Waals surface area contributed by atoms with E-state index in [9.17, 15) is 9.59 Å². The number of benzene rings is 1. The van der Waals surface area contributed by atoms with Crippen LogP contribution in [0.1, 0.15) is 28.8 Å². The van der Waals surface area contributed by atoms with Crippen molar-refractivity contribution >= 4 is 17.3 Å². The van der Waals surface area contributed by atoms with Crippen LogP contribution >= 0.6 is 11.6 Å². The maximum atomic E-state index is 11.9. The number of nitrogens with zero attached hydrogens (tertiary/aromatic N) is 4. The average Bonchev–Trinajstić information content (AvgIpc) is 3.02. The summed E-state index contributed by atoms with van der Waals surface area (Å²) >= 11 is 5.62. The number of alkyl halides is 1. The summed E-state index contributed by atoms with van der Waals surface area (Å²) in [6.07, 6.45) is 2.98. The number of aryl methyl sites for hydroxylation is 3. The van der Waals surface area contributed by atoms with Crippen molar-refractivity contribution in [3.63, 3.8) is 0 Å². The van der Waals surface area contributed by atoms with Crippen LogP contribution < -0.4 is 16.6 Å². The van der Waals surface area contributed by atoms with Gasteiger partial charge >= 0.3 is 5.76 Å². The van der Waals surface area contributed by atoms with Crippen molar-refractivity contribution in [1.82, 2.24) is 19.3 Å². The number of rotatable bonds is 6. The molecule has 9 heteroatoms. The molecule has 0 bridgehead atoms. The minimum absolute atomic E-state index is 0.0491. The van der Waals surface area contributed by atoms with Gasteiger partial charge < -0.3 is 14.3 Å². The molecular formula is C18H18ClN5O3. The van der Waals surface area contributed by atoms with Gasteiger partial charge in [0.25, 0.3) is 5.56 Å². The molecule has 27 heavy (non-hydrogen) atoms. The van der Waals surface area contributed by atoms with Gasteiger partial charge in [0.05, 0.1) is 24.6 Å². The first-order valence-electron chi connectivity index (χ1n) is 8.58. The van der Waals surface area contributed by atoms with Crippen molar-refractivity contribution in [2.75, 3.05) is 5.32 Å². The van der Waals surface area contributed by atoms with Gasteiger partial charge in [-0.05, 0) is 24.0 Å². The first-order valence-corrected chi connectivity index (χ1v) is 9.11. The summed E-state index contributed by atoms with van der Waals surface area (Å²) in [6.45, 7) is 0.434. The Hall–Kier alpha value is -2.87. The second-order valence-electron chi connectivity index (χ2n) is 6.51. The van der Waals surface area contributed by atoms with Crippen LogP contribution in [0.4, 0.5) is 5.69 Å². The van der Waals surface area contributed by atoms with Gasteiger partial charge in [-0.3, -0.25) is 4.79 Å². The van der Waals surface area contributed by atoms with Crippen molar-refractivity contribution in [2.45, 2.75) is 31.3 Å². The van der Waals surface area contributed by atoms with Crippen LogP contribution in [0, 0.1) is 0 Å². The number of hydrogen-bond donors (Lipinski definition) is 1. The molecule has 3 aromatic rings. The summed E-state index contributed by atoms with van der Waals surface area (Å²) in [4.78, 5) is 27.9. The third-order valence-electron chi connectivity index (χ3n) is 4.65. The highest BCUT2D eigenvalue weighted by Gasteiger charge is 2.30. The van der Waals surface area contributed by atoms with Crippen LogP contribution in [0.15, 0.2) is 44.6 Å². The lowest BCUT2D eigenvalue weighted by Crippen LogP contribution is -2.35. The summed E-state index contributed by atoms with van der Waals surface area (Å²) in [5, 5.41) is 7.21. The van der Waals surface area contributed by atoms with E-state index in [0.29, 0.717) is 18.7 Å². The summed E-state index contributed by atoms with van der Waals surface area (Å²) in [6, 6.07) is 8.21. The topological polar surface area (TPSA) is 95.0 Å². The molecule has 4 rings (SSSR count). The lowest BCUT2D eigenvalue weighted by molar-refractivity contribution is 0.456. The van der Waals surface area contributed by atoms with Gasteiger partial charge in [0.1, 0.15) is 11.6 Å². The molecule has 0 saturated carbocycles. The highest BCUT2D eigenvalue weighted by molar-refractivity contribution is 6.16. The maximum Gasteiger partial charge on any atom is 0.437 e. The van der Waals surface area contributed by atoms with Crippen LogP contribution in [-0.4, -0.2) is 19.3 Å². The normalized spacial score (nSPS) is 15.1. The summed E-state index contributed by atoms with van der Waals surface area (Å²) in [5.41, 5.74) is 3.60. The Morgan fingerprint density at radius 3 is 2.67 bits per heavy atom. The van der Waals surface area contributed by atoms with E-state index in [0.717, 1.165) is 23.2 Å². The van der Waals surface area contributed by atoms with Crippen molar-refractivity contribution in [3.8, 4) is 0 Å². The van der Waals surface area contributed by atoms with Crippen molar-refractivity contribution < 1.29 is 4.42 Å². The fourth-order valence-corrected chi connectivity index (χ4v) is 3.23. The summed E-state index contributed by atoms with van der Waals surface area (Å²) in [5.74, 6) is -0.180. The van der Waals surface area contributed by atoms with Crippen LogP contribution in [0.25, 0.3) is 0 Å². The van der Waals surface area contributed by atoms with E-state index >= 15 is 0 Å². The molecule has 1 aromatic carbocycles. The van der Waals surface area contributed by atoms with E-state index < -0.39 is 5.76 Å². The number of anilines is 1. The highest BCUT2D eigenvalue weighted by Crippen LogP contribution is 2.33. The average molecular weight is 388 g/mol. The first-order chi connectivity index (χ1) is 13.0. The standard InChI is InChI=1S/C18H18ClN5O3/c1-23-10-20-15-13(21-16(15)17(23)25)8-12-4-2-11(3-5-12)6-7-24-18(26)27-14(9-19)22-24/h2-5,10,13,21H,6-9H2,1H3. The minimum atomic E-state index is -0.490. The molecule has 3 heterocycles. The van der Waals surface area contributed by atoms with Crippen molar-refractivity contribution in [2.24, 2.45) is 7.05 Å². The van der Waals surface area contributed by atoms with Gasteiger partial charge in [0.2, 0.25) is 5.89 Å². The third-order valence-corrected chi connectivity index (χ3v) is 4.88. The SMILES string of the molecule is Cn1cnc2c(c1=O)NC2Cc1ccc(CCn2nc(CCl)oc2=O)cc1. The van der Waals surface area contributed by atoms with E-state index in [1.165, 1.54) is 9.25 Å². The zero-order chi connectivity index (χ0) is 19.0. The van der Waals surface area contributed by atoms with Crippen LogP contribution in [0.2, 0.25) is 0 Å². The number of hydrogen-bond acceptors (Lipinski definition) is 6. The smallest absolute Gasteiger partial charge is 0.391 e. The zero-order valence-electron chi connectivity index (χ0n) is 14.7. The number of aromatic nitrogens is 4. The molecule has 0 aliphatic carbocycles. The van der Waals surface area contributed by atoms with Crippen LogP contribution in [-0.2, 0) is 32.3 Å². The molecule has 1 N–H and O–H groups in total. The van der Waals surface area contributed by atoms with E-state index in [4.69, 9.17) is 16.0 Å². The Kier molecular flexibility index (Phi) is 4.57. The zero-order valence-corrected chi connectivity index (χ0v) is 15.4. The molecule has 0 saturated heterocycles. The predicted octanol–water partition coefficient (Wildman–Crippen LogP) is 1.62. The van der Waals surface area contributed by atoms with Gasteiger partial charge in [-0.2, -0.15) is 4.68 Å². The Bertz CT molecular complexity index is 1080. The highest BCUT2D eigenvalue weighted by atomic mass is 35.5. The lowest BCUT2D eigenvalue weighted by Gasteiger charge is -2.30. The monoisotopic (exact) mass is 387 g/mol. The molecule has 0 amide bonds. The van der Waals surface area contributed by atoms with Crippen molar-refractivity contribution in [3.05, 3.63) is 74.2 Å². The van der Waals surface area contributed by atoms with Gasteiger partial charge in [0, 0.05) is 7.05 Å². The Morgan fingerprint density at radius 2 is 1.96 bits per heavy atom. The van der Waals surface area contributed by atoms with Gasteiger partial charge in [-0.1, -0.05) is 24.3 Å². The van der Waals surface area contributed by atoms with Gasteiger partial charge in [0.15, 0.2) is 0 Å². The maximum absolute atomic E-state index is 11.9. The number of halogens is 1. The van der Waals surface area contributed by atoms with E-state index in [1.807, 2.05) is 24.3 Å². The molecule has 0 radical (unpaired) electrons. The summed E-state index contributed by atoms with van der Waals surface area (Å²) < 4.78 is 7.66. The lowest BCUT2D eigenvalue weighted by atomic mass is 9.95. The number of fused-ring (bicyclic) bond motifs is 1. The second-order valence-corrected chi connectivity index (χ2v) is 6.77. The molecule has 1 aliphatic rings. The first kappa shape index (κ1) is 17.5. The van der Waals surface area contributed by atoms with E-state index in [1.54, 1.807) is 13.4 Å². The molecule has 140 valence electrons. The Labute approximate surface area is 159 Å². The summed E-state index contributed by atoms with van der Waals surface area (Å²) in [7, 11) is 1.69. The van der Waals surface area contributed by atoms with Crippen LogP contribution in [0.5, 0.6) is 0 Å². The Morgan fingerprint density at radius 1 is 1.22 bits per heavy atom. The van der Waals surface area contributed by atoms with E-state index in [2.05, 4.69) is 15.4 Å². The van der Waals surface area contributed by atoms with Crippen molar-refractivity contribution in [1.29, 1.82) is 0 Å². The molecule has 0 spiro atoms.